The largest absolute Gasteiger partial charge is 0.306 e. The van der Waals surface area contributed by atoms with Crippen molar-refractivity contribution in [2.75, 3.05) is 0 Å². The van der Waals surface area contributed by atoms with Crippen LogP contribution < -0.4 is 0 Å². The predicted molar refractivity (Wildman–Crippen MR) is 80.0 cm³/mol. The van der Waals surface area contributed by atoms with Gasteiger partial charge in [-0.15, -0.1) is 0 Å². The van der Waals surface area contributed by atoms with E-state index in [1.165, 1.54) is 35.2 Å². The van der Waals surface area contributed by atoms with E-state index < -0.39 is 0 Å². The van der Waals surface area contributed by atoms with Crippen LogP contribution in [0.2, 0.25) is 0 Å². The molecule has 2 aliphatic carbocycles. The normalized spacial score (nSPS) is 17.0. The molecule has 3 aromatic rings. The van der Waals surface area contributed by atoms with Crippen LogP contribution in [0.3, 0.4) is 0 Å². The Morgan fingerprint density at radius 3 is 3.00 bits per heavy atom. The molecule has 0 amide bonds. The Balaban J connectivity index is 1.59. The molecule has 0 N–H and O–H groups in total. The van der Waals surface area contributed by atoms with Crippen molar-refractivity contribution in [2.24, 2.45) is 0 Å². The maximum atomic E-state index is 4.76. The molecule has 1 fully saturated rings. The van der Waals surface area contributed by atoms with E-state index in [2.05, 4.69) is 28.3 Å². The van der Waals surface area contributed by atoms with Gasteiger partial charge in [-0.1, -0.05) is 6.08 Å². The molecule has 102 valence electrons. The molecule has 4 heteroatoms. The minimum atomic E-state index is 0.613. The lowest BCUT2D eigenvalue weighted by molar-refractivity contribution is 0.894. The second kappa shape index (κ2) is 4.01. The molecule has 0 spiro atoms. The molecule has 4 nitrogen and oxygen atoms in total. The first kappa shape index (κ1) is 11.2. The molecule has 0 saturated heterocycles. The van der Waals surface area contributed by atoms with E-state index in [9.17, 15) is 0 Å². The third kappa shape index (κ3) is 1.72. The number of fused-ring (bicyclic) bond motifs is 2. The van der Waals surface area contributed by atoms with Gasteiger partial charge in [-0.2, -0.15) is 0 Å². The Morgan fingerprint density at radius 1 is 1.14 bits per heavy atom. The summed E-state index contributed by atoms with van der Waals surface area (Å²) in [5, 5.41) is 0. The van der Waals surface area contributed by atoms with Crippen molar-refractivity contribution in [3.8, 4) is 0 Å². The predicted octanol–water partition coefficient (Wildman–Crippen LogP) is 2.99. The van der Waals surface area contributed by atoms with Crippen molar-refractivity contribution in [2.45, 2.75) is 25.2 Å². The molecule has 0 aromatic carbocycles. The molecule has 0 bridgehead atoms. The van der Waals surface area contributed by atoms with Crippen molar-refractivity contribution in [3.63, 3.8) is 0 Å². The number of nitrogens with zero attached hydrogens (tertiary/aromatic N) is 4. The van der Waals surface area contributed by atoms with Crippen molar-refractivity contribution in [1.82, 2.24) is 19.4 Å². The second-order valence-corrected chi connectivity index (χ2v) is 5.80. The molecule has 0 atom stereocenters. The van der Waals surface area contributed by atoms with Gasteiger partial charge in [0.25, 0.3) is 0 Å². The zero-order chi connectivity index (χ0) is 13.8. The average molecular weight is 274 g/mol. The van der Waals surface area contributed by atoms with Crippen molar-refractivity contribution >= 4 is 11.2 Å². The van der Waals surface area contributed by atoms with Gasteiger partial charge in [-0.05, 0) is 36.1 Å². The molecule has 2 aliphatic rings. The molecule has 5 rings (SSSR count). The number of hydrogen-bond acceptors (Lipinski definition) is 3. The fourth-order valence-electron chi connectivity index (χ4n) is 3.01. The third-order valence-electron chi connectivity index (χ3n) is 4.32. The average Bonchev–Trinajstić information content (AvgIpc) is 3.11. The molecule has 1 saturated carbocycles. The van der Waals surface area contributed by atoms with Crippen LogP contribution in [0.15, 0.2) is 43.0 Å². The van der Waals surface area contributed by atoms with Gasteiger partial charge in [-0.3, -0.25) is 0 Å². The van der Waals surface area contributed by atoms with Gasteiger partial charge in [-0.25, -0.2) is 15.0 Å². The Hall–Kier alpha value is -2.49. The highest BCUT2D eigenvalue weighted by Crippen LogP contribution is 2.39. The van der Waals surface area contributed by atoms with Crippen LogP contribution in [0.5, 0.6) is 0 Å². The maximum absolute atomic E-state index is 4.76. The standard InChI is InChI=1S/C17H14N4/c1-2-11(1)17-19-9-14-13(4-5-15(14)20-17)12-3-6-16-18-7-8-21(16)10-12/h3-4,6-11H,1-2,5H2. The highest BCUT2D eigenvalue weighted by Gasteiger charge is 2.28. The Morgan fingerprint density at radius 2 is 2.10 bits per heavy atom. The first-order valence-electron chi connectivity index (χ1n) is 7.38. The summed E-state index contributed by atoms with van der Waals surface area (Å²) >= 11 is 0. The van der Waals surface area contributed by atoms with Crippen LogP contribution in [0.1, 0.15) is 41.4 Å². The van der Waals surface area contributed by atoms with Gasteiger partial charge in [0, 0.05) is 42.7 Å². The van der Waals surface area contributed by atoms with E-state index in [0.29, 0.717) is 5.92 Å². The fourth-order valence-corrected chi connectivity index (χ4v) is 3.01. The minimum absolute atomic E-state index is 0.613. The van der Waals surface area contributed by atoms with Gasteiger partial charge < -0.3 is 4.40 Å². The topological polar surface area (TPSA) is 43.1 Å². The SMILES string of the molecule is C1=C(c2ccc3nccn3c2)c2cnc(C3CC3)nc2C1. The summed E-state index contributed by atoms with van der Waals surface area (Å²) in [7, 11) is 0. The lowest BCUT2D eigenvalue weighted by Crippen LogP contribution is -1.99. The molecule has 0 radical (unpaired) electrons. The van der Waals surface area contributed by atoms with Crippen LogP contribution in [-0.4, -0.2) is 19.4 Å². The zero-order valence-electron chi connectivity index (χ0n) is 11.5. The number of imidazole rings is 1. The zero-order valence-corrected chi connectivity index (χ0v) is 11.5. The third-order valence-corrected chi connectivity index (χ3v) is 4.32. The first-order chi connectivity index (χ1) is 10.4. The molecule has 21 heavy (non-hydrogen) atoms. The summed E-state index contributed by atoms with van der Waals surface area (Å²) in [5.74, 6) is 1.65. The Bertz CT molecular complexity index is 887. The number of rotatable bonds is 2. The van der Waals surface area contributed by atoms with E-state index >= 15 is 0 Å². The highest BCUT2D eigenvalue weighted by atomic mass is 15.0. The van der Waals surface area contributed by atoms with Gasteiger partial charge >= 0.3 is 0 Å². The summed E-state index contributed by atoms with van der Waals surface area (Å²) in [6.07, 6.45) is 13.6. The van der Waals surface area contributed by atoms with Crippen molar-refractivity contribution in [3.05, 3.63) is 65.6 Å². The van der Waals surface area contributed by atoms with Crippen molar-refractivity contribution in [1.29, 1.82) is 0 Å². The van der Waals surface area contributed by atoms with E-state index in [1.54, 1.807) is 0 Å². The number of aromatic nitrogens is 4. The highest BCUT2D eigenvalue weighted by molar-refractivity contribution is 5.83. The molecular formula is C17H14N4. The lowest BCUT2D eigenvalue weighted by Gasteiger charge is -2.07. The summed E-state index contributed by atoms with van der Waals surface area (Å²) in [6, 6.07) is 4.17. The maximum Gasteiger partial charge on any atom is 0.136 e. The van der Waals surface area contributed by atoms with Crippen LogP contribution in [-0.2, 0) is 6.42 Å². The second-order valence-electron chi connectivity index (χ2n) is 5.80. The summed E-state index contributed by atoms with van der Waals surface area (Å²) < 4.78 is 2.05. The lowest BCUT2D eigenvalue weighted by atomic mass is 10.0. The van der Waals surface area contributed by atoms with Gasteiger partial charge in [0.15, 0.2) is 0 Å². The molecule has 0 aliphatic heterocycles. The van der Waals surface area contributed by atoms with Gasteiger partial charge in [0.2, 0.25) is 0 Å². The number of pyridine rings is 1. The van der Waals surface area contributed by atoms with Crippen LogP contribution in [0.25, 0.3) is 11.2 Å². The molecule has 3 aromatic heterocycles. The van der Waals surface area contributed by atoms with Gasteiger partial charge in [0.1, 0.15) is 11.5 Å². The molecular weight excluding hydrogens is 260 g/mol. The molecule has 0 unspecified atom stereocenters. The van der Waals surface area contributed by atoms with E-state index in [4.69, 9.17) is 4.98 Å². The summed E-state index contributed by atoms with van der Waals surface area (Å²) in [4.78, 5) is 13.6. The summed E-state index contributed by atoms with van der Waals surface area (Å²) in [6.45, 7) is 0. The Labute approximate surface area is 122 Å². The quantitative estimate of drug-likeness (QED) is 0.721. The number of allylic oxidation sites excluding steroid dienone is 1. The Kier molecular flexibility index (Phi) is 2.14. The van der Waals surface area contributed by atoms with Crippen LogP contribution in [0.4, 0.5) is 0 Å². The van der Waals surface area contributed by atoms with Crippen LogP contribution in [0, 0.1) is 0 Å². The first-order valence-corrected chi connectivity index (χ1v) is 7.38. The monoisotopic (exact) mass is 274 g/mol. The van der Waals surface area contributed by atoms with Crippen LogP contribution >= 0.6 is 0 Å². The van der Waals surface area contributed by atoms with Crippen molar-refractivity contribution < 1.29 is 0 Å². The smallest absolute Gasteiger partial charge is 0.136 e. The summed E-state index contributed by atoms with van der Waals surface area (Å²) in [5.41, 5.74) is 5.76. The number of hydrogen-bond donors (Lipinski definition) is 0. The van der Waals surface area contributed by atoms with Gasteiger partial charge in [0.05, 0.1) is 5.69 Å². The van der Waals surface area contributed by atoms with E-state index in [0.717, 1.165) is 17.9 Å². The molecule has 3 heterocycles. The van der Waals surface area contributed by atoms with E-state index in [-0.39, 0.29) is 0 Å². The minimum Gasteiger partial charge on any atom is -0.306 e. The fraction of sp³-hybridized carbons (Fsp3) is 0.235. The van der Waals surface area contributed by atoms with E-state index in [1.807, 2.05) is 29.1 Å².